The van der Waals surface area contributed by atoms with E-state index in [0.717, 1.165) is 41.1 Å². The quantitative estimate of drug-likeness (QED) is 0.377. The number of carbonyl (C=O) groups is 1. The van der Waals surface area contributed by atoms with Crippen LogP contribution in [0.3, 0.4) is 0 Å². The van der Waals surface area contributed by atoms with Crippen molar-refractivity contribution >= 4 is 17.0 Å². The maximum atomic E-state index is 12.7. The van der Waals surface area contributed by atoms with Gasteiger partial charge in [-0.2, -0.15) is 0 Å². The molecular weight excluding hydrogens is 514 g/mol. The number of nitrogens with zero attached hydrogens (tertiary/aromatic N) is 4. The fourth-order valence-corrected chi connectivity index (χ4v) is 5.39. The van der Waals surface area contributed by atoms with Crippen LogP contribution in [0.15, 0.2) is 35.3 Å². The van der Waals surface area contributed by atoms with Gasteiger partial charge >= 0.3 is 5.97 Å². The number of morpholine rings is 1. The highest BCUT2D eigenvalue weighted by atomic mass is 16.6. The Morgan fingerprint density at radius 3 is 2.80 bits per heavy atom. The number of hydrogen-bond acceptors (Lipinski definition) is 9. The Labute approximate surface area is 233 Å². The Morgan fingerprint density at radius 1 is 1.27 bits per heavy atom. The number of imidazole rings is 1. The molecule has 0 amide bonds. The summed E-state index contributed by atoms with van der Waals surface area (Å²) in [6.45, 7) is 7.71. The minimum atomic E-state index is -0.925. The first-order valence-electron chi connectivity index (χ1n) is 13.9. The molecule has 0 radical (unpaired) electrons. The van der Waals surface area contributed by atoms with Gasteiger partial charge in [-0.15, -0.1) is 0 Å². The van der Waals surface area contributed by atoms with Gasteiger partial charge in [-0.05, 0) is 44.7 Å². The Hall–Kier alpha value is -3.09. The first-order chi connectivity index (χ1) is 19.2. The summed E-state index contributed by atoms with van der Waals surface area (Å²) in [7, 11) is 3.84. The van der Waals surface area contributed by atoms with Crippen LogP contribution < -0.4 is 10.9 Å². The Bertz CT molecular complexity index is 1380. The van der Waals surface area contributed by atoms with Crippen molar-refractivity contribution in [1.29, 1.82) is 0 Å². The van der Waals surface area contributed by atoms with Gasteiger partial charge in [0.2, 0.25) is 0 Å². The molecule has 4 atom stereocenters. The first kappa shape index (κ1) is 28.4. The molecule has 1 aromatic carbocycles. The highest BCUT2D eigenvalue weighted by Crippen LogP contribution is 2.27. The van der Waals surface area contributed by atoms with Crippen molar-refractivity contribution in [3.05, 3.63) is 51.9 Å². The van der Waals surface area contributed by atoms with Gasteiger partial charge in [-0.3, -0.25) is 14.9 Å². The largest absolute Gasteiger partial charge is 0.459 e. The van der Waals surface area contributed by atoms with Crippen molar-refractivity contribution in [1.82, 2.24) is 24.3 Å². The normalized spacial score (nSPS) is 21.5. The van der Waals surface area contributed by atoms with Crippen LogP contribution in [0.2, 0.25) is 0 Å². The SMILES string of the molecule is Cc1cc(-c2nc3cc(CN[C@H](C(=O)OC4CCOC4)[C@@H](C)O)ccc3n2CC2CN(C)CCO2)cn(C)c1=O. The van der Waals surface area contributed by atoms with Crippen LogP contribution in [0.4, 0.5) is 0 Å². The zero-order valence-corrected chi connectivity index (χ0v) is 23.6. The second-order valence-corrected chi connectivity index (χ2v) is 11.0. The van der Waals surface area contributed by atoms with E-state index in [1.54, 1.807) is 18.5 Å². The van der Waals surface area contributed by atoms with Crippen LogP contribution >= 0.6 is 0 Å². The number of benzene rings is 1. The number of nitrogens with one attached hydrogen (secondary N) is 1. The molecule has 0 saturated carbocycles. The molecule has 0 bridgehead atoms. The lowest BCUT2D eigenvalue weighted by Gasteiger charge is -2.30. The summed E-state index contributed by atoms with van der Waals surface area (Å²) in [4.78, 5) is 32.3. The standard InChI is InChI=1S/C29H39N5O6/c1-18-11-21(14-33(4)28(18)36)27-31-24-12-20(5-6-25(24)34(27)16-23-15-32(3)8-10-39-23)13-30-26(19(2)35)29(37)40-22-7-9-38-17-22/h5-6,11-12,14,19,22-23,26,30,35H,7-10,13,15-17H2,1-4H3/t19-,22?,23?,26+/m1/s1. The highest BCUT2D eigenvalue weighted by molar-refractivity contribution is 5.81. The van der Waals surface area contributed by atoms with E-state index in [1.807, 2.05) is 37.4 Å². The third-order valence-electron chi connectivity index (χ3n) is 7.59. The molecule has 2 fully saturated rings. The summed E-state index contributed by atoms with van der Waals surface area (Å²) < 4.78 is 20.6. The monoisotopic (exact) mass is 553 g/mol. The zero-order valence-electron chi connectivity index (χ0n) is 23.6. The molecule has 2 saturated heterocycles. The average molecular weight is 554 g/mol. The van der Waals surface area contributed by atoms with Crippen molar-refractivity contribution in [2.75, 3.05) is 40.0 Å². The van der Waals surface area contributed by atoms with Gasteiger partial charge < -0.3 is 33.4 Å². The Kier molecular flexibility index (Phi) is 8.67. The molecule has 2 N–H and O–H groups in total. The molecule has 0 aliphatic carbocycles. The molecule has 5 rings (SSSR count). The second kappa shape index (κ2) is 12.2. The van der Waals surface area contributed by atoms with E-state index in [1.165, 1.54) is 0 Å². The van der Waals surface area contributed by atoms with E-state index in [4.69, 9.17) is 19.2 Å². The van der Waals surface area contributed by atoms with Gasteiger partial charge in [-0.25, -0.2) is 4.98 Å². The summed E-state index contributed by atoms with van der Waals surface area (Å²) in [5.74, 6) is 0.278. The van der Waals surface area contributed by atoms with Gasteiger partial charge in [0.25, 0.3) is 5.56 Å². The summed E-state index contributed by atoms with van der Waals surface area (Å²) >= 11 is 0. The molecule has 2 aromatic heterocycles. The Morgan fingerprint density at radius 2 is 2.10 bits per heavy atom. The van der Waals surface area contributed by atoms with Crippen LogP contribution in [-0.4, -0.2) is 94.4 Å². The maximum Gasteiger partial charge on any atom is 0.326 e. The van der Waals surface area contributed by atoms with Gasteiger partial charge in [0, 0.05) is 50.4 Å². The number of carbonyl (C=O) groups excluding carboxylic acids is 1. The van der Waals surface area contributed by atoms with Gasteiger partial charge in [0.05, 0.1) is 49.6 Å². The summed E-state index contributed by atoms with van der Waals surface area (Å²) in [6.07, 6.45) is 1.29. The molecule has 2 aliphatic rings. The number of aliphatic hydroxyl groups excluding tert-OH is 1. The van der Waals surface area contributed by atoms with Crippen molar-refractivity contribution in [2.45, 2.75) is 57.7 Å². The van der Waals surface area contributed by atoms with E-state index in [-0.39, 0.29) is 17.8 Å². The second-order valence-electron chi connectivity index (χ2n) is 11.0. The number of ether oxygens (including phenoxy) is 3. The van der Waals surface area contributed by atoms with E-state index in [0.29, 0.717) is 44.9 Å². The number of aromatic nitrogens is 3. The van der Waals surface area contributed by atoms with Gasteiger partial charge in [-0.1, -0.05) is 6.07 Å². The summed E-state index contributed by atoms with van der Waals surface area (Å²) in [5.41, 5.74) is 4.13. The summed E-state index contributed by atoms with van der Waals surface area (Å²) in [6, 6.07) is 7.02. The van der Waals surface area contributed by atoms with E-state index >= 15 is 0 Å². The van der Waals surface area contributed by atoms with Crippen molar-refractivity contribution in [3.8, 4) is 11.4 Å². The fourth-order valence-electron chi connectivity index (χ4n) is 5.39. The number of aliphatic hydroxyl groups is 1. The molecule has 3 aromatic rings. The topological polar surface area (TPSA) is 120 Å². The van der Waals surface area contributed by atoms with Crippen LogP contribution in [-0.2, 0) is 39.1 Å². The maximum absolute atomic E-state index is 12.7. The molecule has 2 aliphatic heterocycles. The van der Waals surface area contributed by atoms with E-state index in [2.05, 4.69) is 21.8 Å². The minimum Gasteiger partial charge on any atom is -0.459 e. The molecule has 4 heterocycles. The van der Waals surface area contributed by atoms with Crippen LogP contribution in [0.1, 0.15) is 24.5 Å². The summed E-state index contributed by atoms with van der Waals surface area (Å²) in [5, 5.41) is 13.4. The number of likely N-dealkylation sites (N-methyl/N-ethyl adjacent to an activating group) is 1. The van der Waals surface area contributed by atoms with E-state index in [9.17, 15) is 14.7 Å². The third kappa shape index (κ3) is 6.29. The molecule has 11 nitrogen and oxygen atoms in total. The number of pyridine rings is 1. The number of rotatable bonds is 9. The number of hydrogen-bond donors (Lipinski definition) is 2. The van der Waals surface area contributed by atoms with Gasteiger partial charge in [0.15, 0.2) is 0 Å². The van der Waals surface area contributed by atoms with Crippen molar-refractivity contribution in [3.63, 3.8) is 0 Å². The number of fused-ring (bicyclic) bond motifs is 1. The van der Waals surface area contributed by atoms with Crippen LogP contribution in [0, 0.1) is 6.92 Å². The predicted molar refractivity (Wildman–Crippen MR) is 150 cm³/mol. The number of aryl methyl sites for hydroxylation is 2. The molecule has 0 spiro atoms. The van der Waals surface area contributed by atoms with Crippen LogP contribution in [0.5, 0.6) is 0 Å². The molecule has 40 heavy (non-hydrogen) atoms. The predicted octanol–water partition coefficient (Wildman–Crippen LogP) is 1.21. The average Bonchev–Trinajstić information content (AvgIpc) is 3.54. The van der Waals surface area contributed by atoms with E-state index < -0.39 is 18.1 Å². The zero-order chi connectivity index (χ0) is 28.4. The first-order valence-corrected chi connectivity index (χ1v) is 13.9. The Balaban J connectivity index is 1.42. The van der Waals surface area contributed by atoms with Crippen molar-refractivity contribution < 1.29 is 24.1 Å². The molecule has 2 unspecified atom stereocenters. The minimum absolute atomic E-state index is 0.00736. The highest BCUT2D eigenvalue weighted by Gasteiger charge is 2.29. The molecular formula is C29H39N5O6. The van der Waals surface area contributed by atoms with Crippen molar-refractivity contribution in [2.24, 2.45) is 7.05 Å². The lowest BCUT2D eigenvalue weighted by molar-refractivity contribution is -0.154. The van der Waals surface area contributed by atoms with Gasteiger partial charge in [0.1, 0.15) is 18.0 Å². The molecule has 11 heteroatoms. The molecule has 216 valence electrons. The lowest BCUT2D eigenvalue weighted by atomic mass is 10.1. The third-order valence-corrected chi connectivity index (χ3v) is 7.59. The number of esters is 1. The smallest absolute Gasteiger partial charge is 0.326 e. The van der Waals surface area contributed by atoms with Crippen LogP contribution in [0.25, 0.3) is 22.4 Å². The fraction of sp³-hybridized carbons (Fsp3) is 0.552. The lowest BCUT2D eigenvalue weighted by Crippen LogP contribution is -2.46.